The minimum absolute atomic E-state index is 0.0663. The van der Waals surface area contributed by atoms with Crippen molar-refractivity contribution in [1.82, 2.24) is 0 Å². The van der Waals surface area contributed by atoms with E-state index in [-0.39, 0.29) is 18.0 Å². The minimum atomic E-state index is -1.34. The van der Waals surface area contributed by atoms with Gasteiger partial charge in [0.25, 0.3) is 0 Å². The molecule has 2 bridgehead atoms. The van der Waals surface area contributed by atoms with Crippen molar-refractivity contribution in [3.63, 3.8) is 0 Å². The van der Waals surface area contributed by atoms with Gasteiger partial charge < -0.3 is 9.84 Å². The maximum Gasteiger partial charge on any atom is 0.123 e. The van der Waals surface area contributed by atoms with E-state index < -0.39 is 11.0 Å². The standard InChI is InChI=1S/C15H16FNO2/c1-14(18,10-2-4-11(16)5-3-10)15(9-17)8-12-6-7-13(15)19-12/h2-5,12-13,18H,6-8H2,1H3. The number of hydrogen-bond acceptors (Lipinski definition) is 3. The third-order valence-corrected chi connectivity index (χ3v) is 4.68. The van der Waals surface area contributed by atoms with Crippen molar-refractivity contribution in [3.8, 4) is 6.07 Å². The number of ether oxygens (including phenoxy) is 1. The summed E-state index contributed by atoms with van der Waals surface area (Å²) in [6.07, 6.45) is 2.13. The highest BCUT2D eigenvalue weighted by atomic mass is 19.1. The lowest BCUT2D eigenvalue weighted by atomic mass is 9.62. The molecule has 1 aromatic rings. The maximum atomic E-state index is 13.0. The van der Waals surface area contributed by atoms with Crippen LogP contribution in [0.4, 0.5) is 4.39 Å². The van der Waals surface area contributed by atoms with Crippen molar-refractivity contribution in [1.29, 1.82) is 5.26 Å². The normalized spacial score (nSPS) is 35.9. The molecule has 0 spiro atoms. The first-order valence-electron chi connectivity index (χ1n) is 6.55. The monoisotopic (exact) mass is 261 g/mol. The molecule has 0 saturated carbocycles. The summed E-state index contributed by atoms with van der Waals surface area (Å²) < 4.78 is 18.8. The second-order valence-electron chi connectivity index (χ2n) is 5.69. The second kappa shape index (κ2) is 4.03. The number of halogens is 1. The molecule has 2 fully saturated rings. The van der Waals surface area contributed by atoms with Crippen LogP contribution in [0.2, 0.25) is 0 Å². The van der Waals surface area contributed by atoms with Crippen LogP contribution in [-0.2, 0) is 10.3 Å². The van der Waals surface area contributed by atoms with Gasteiger partial charge in [-0.2, -0.15) is 5.26 Å². The Hall–Kier alpha value is -1.44. The molecule has 4 heteroatoms. The summed E-state index contributed by atoms with van der Waals surface area (Å²) in [5, 5.41) is 20.6. The molecule has 0 aliphatic carbocycles. The quantitative estimate of drug-likeness (QED) is 0.889. The lowest BCUT2D eigenvalue weighted by Gasteiger charge is -2.41. The van der Waals surface area contributed by atoms with Crippen molar-refractivity contribution in [2.45, 2.75) is 44.0 Å². The Morgan fingerprint density at radius 3 is 2.58 bits per heavy atom. The topological polar surface area (TPSA) is 53.2 Å². The molecule has 3 rings (SSSR count). The lowest BCUT2D eigenvalue weighted by Crippen LogP contribution is -2.49. The minimum Gasteiger partial charge on any atom is -0.384 e. The Kier molecular flexibility index (Phi) is 2.67. The van der Waals surface area contributed by atoms with Gasteiger partial charge in [0.05, 0.1) is 18.3 Å². The predicted octanol–water partition coefficient (Wildman–Crippen LogP) is 2.49. The van der Waals surface area contributed by atoms with Gasteiger partial charge >= 0.3 is 0 Å². The van der Waals surface area contributed by atoms with Gasteiger partial charge in [-0.3, -0.25) is 0 Å². The fraction of sp³-hybridized carbons (Fsp3) is 0.533. The molecule has 2 aliphatic heterocycles. The number of nitrogens with zero attached hydrogens (tertiary/aromatic N) is 1. The van der Waals surface area contributed by atoms with Gasteiger partial charge in [-0.05, 0) is 43.9 Å². The summed E-state index contributed by atoms with van der Waals surface area (Å²) >= 11 is 0. The van der Waals surface area contributed by atoms with Crippen molar-refractivity contribution >= 4 is 0 Å². The highest BCUT2D eigenvalue weighted by molar-refractivity contribution is 5.31. The molecule has 2 saturated heterocycles. The lowest BCUT2D eigenvalue weighted by molar-refractivity contribution is -0.0773. The van der Waals surface area contributed by atoms with Crippen LogP contribution in [-0.4, -0.2) is 17.3 Å². The summed E-state index contributed by atoms with van der Waals surface area (Å²) in [6, 6.07) is 7.99. The smallest absolute Gasteiger partial charge is 0.123 e. The zero-order valence-corrected chi connectivity index (χ0v) is 10.8. The summed E-state index contributed by atoms with van der Waals surface area (Å²) in [6.45, 7) is 1.63. The number of fused-ring (bicyclic) bond motifs is 2. The maximum absolute atomic E-state index is 13.0. The molecule has 4 atom stereocenters. The molecule has 0 radical (unpaired) electrons. The van der Waals surface area contributed by atoms with E-state index in [1.165, 1.54) is 12.1 Å². The van der Waals surface area contributed by atoms with E-state index in [2.05, 4.69) is 6.07 Å². The van der Waals surface area contributed by atoms with Gasteiger partial charge in [0.1, 0.15) is 16.8 Å². The fourth-order valence-electron chi connectivity index (χ4n) is 3.48. The van der Waals surface area contributed by atoms with Crippen LogP contribution in [0.3, 0.4) is 0 Å². The number of benzene rings is 1. The molecule has 0 amide bonds. The molecule has 3 nitrogen and oxygen atoms in total. The molecular formula is C15H16FNO2. The van der Waals surface area contributed by atoms with Crippen LogP contribution in [0.15, 0.2) is 24.3 Å². The Labute approximate surface area is 111 Å². The van der Waals surface area contributed by atoms with Crippen molar-refractivity contribution in [2.24, 2.45) is 5.41 Å². The number of aliphatic hydroxyl groups is 1. The number of hydrogen-bond donors (Lipinski definition) is 1. The van der Waals surface area contributed by atoms with Crippen molar-refractivity contribution in [2.75, 3.05) is 0 Å². The van der Waals surface area contributed by atoms with Gasteiger partial charge in [-0.15, -0.1) is 0 Å². The fourth-order valence-corrected chi connectivity index (χ4v) is 3.48. The highest BCUT2D eigenvalue weighted by Crippen LogP contribution is 2.56. The van der Waals surface area contributed by atoms with Crippen LogP contribution < -0.4 is 0 Å². The predicted molar refractivity (Wildman–Crippen MR) is 66.5 cm³/mol. The van der Waals surface area contributed by atoms with Crippen LogP contribution in [0, 0.1) is 22.6 Å². The van der Waals surface area contributed by atoms with Crippen LogP contribution in [0.1, 0.15) is 31.7 Å². The summed E-state index contributed by atoms with van der Waals surface area (Å²) in [5.41, 5.74) is -1.71. The van der Waals surface area contributed by atoms with E-state index in [4.69, 9.17) is 4.74 Å². The van der Waals surface area contributed by atoms with Gasteiger partial charge in [0.2, 0.25) is 0 Å². The van der Waals surface area contributed by atoms with Gasteiger partial charge in [0.15, 0.2) is 0 Å². The molecule has 19 heavy (non-hydrogen) atoms. The Morgan fingerprint density at radius 2 is 2.11 bits per heavy atom. The Morgan fingerprint density at radius 1 is 1.42 bits per heavy atom. The van der Waals surface area contributed by atoms with Crippen LogP contribution >= 0.6 is 0 Å². The van der Waals surface area contributed by atoms with Gasteiger partial charge in [0, 0.05) is 0 Å². The molecule has 0 aromatic heterocycles. The molecule has 4 unspecified atom stereocenters. The van der Waals surface area contributed by atoms with Gasteiger partial charge in [-0.1, -0.05) is 12.1 Å². The zero-order valence-electron chi connectivity index (χ0n) is 10.8. The summed E-state index contributed by atoms with van der Waals surface area (Å²) in [4.78, 5) is 0. The van der Waals surface area contributed by atoms with E-state index >= 15 is 0 Å². The third-order valence-electron chi connectivity index (χ3n) is 4.68. The average Bonchev–Trinajstić information content (AvgIpc) is 3.00. The second-order valence-corrected chi connectivity index (χ2v) is 5.69. The van der Waals surface area contributed by atoms with Crippen molar-refractivity contribution in [3.05, 3.63) is 35.6 Å². The number of rotatable bonds is 2. The SMILES string of the molecule is CC(O)(c1ccc(F)cc1)C1(C#N)CC2CCC1O2. The van der Waals surface area contributed by atoms with Crippen LogP contribution in [0.5, 0.6) is 0 Å². The van der Waals surface area contributed by atoms with E-state index in [1.54, 1.807) is 19.1 Å². The number of nitriles is 1. The first-order valence-corrected chi connectivity index (χ1v) is 6.55. The zero-order chi connectivity index (χ0) is 13.7. The highest BCUT2D eigenvalue weighted by Gasteiger charge is 2.62. The van der Waals surface area contributed by atoms with Crippen molar-refractivity contribution < 1.29 is 14.2 Å². The first-order chi connectivity index (χ1) is 8.99. The molecule has 1 N–H and O–H groups in total. The third kappa shape index (κ3) is 1.62. The summed E-state index contributed by atoms with van der Waals surface area (Å²) in [7, 11) is 0. The largest absolute Gasteiger partial charge is 0.384 e. The summed E-state index contributed by atoms with van der Waals surface area (Å²) in [5.74, 6) is -0.352. The van der Waals surface area contributed by atoms with Gasteiger partial charge in [-0.25, -0.2) is 4.39 Å². The first kappa shape index (κ1) is 12.6. The molecule has 1 aromatic carbocycles. The Bertz CT molecular complexity index is 534. The average molecular weight is 261 g/mol. The van der Waals surface area contributed by atoms with E-state index in [0.29, 0.717) is 12.0 Å². The van der Waals surface area contributed by atoms with Crippen LogP contribution in [0.25, 0.3) is 0 Å². The van der Waals surface area contributed by atoms with E-state index in [9.17, 15) is 14.8 Å². The molecule has 2 aliphatic rings. The molecular weight excluding hydrogens is 245 g/mol. The Balaban J connectivity index is 2.03. The van der Waals surface area contributed by atoms with E-state index in [0.717, 1.165) is 12.8 Å². The molecule has 2 heterocycles. The van der Waals surface area contributed by atoms with E-state index in [1.807, 2.05) is 0 Å². The molecule has 100 valence electrons.